The molecule has 0 aliphatic heterocycles. The molecule has 0 bridgehead atoms. The molecule has 0 atom stereocenters. The topological polar surface area (TPSA) is 12.0 Å². The van der Waals surface area contributed by atoms with Gasteiger partial charge in [0.05, 0.1) is 5.69 Å². The molecule has 0 aliphatic carbocycles. The van der Waals surface area contributed by atoms with Gasteiger partial charge in [-0.1, -0.05) is 33.6 Å². The lowest BCUT2D eigenvalue weighted by Crippen LogP contribution is -2.01. The standard InChI is InChI=1S/C13H9Br3ClN/c14-10-5-4-9(17)6-8(10)7-18-13-11(15)2-1-3-12(13)16/h1-6,18H,7H2. The summed E-state index contributed by atoms with van der Waals surface area (Å²) in [5, 5.41) is 4.12. The van der Waals surface area contributed by atoms with Crippen LogP contribution in [0.5, 0.6) is 0 Å². The van der Waals surface area contributed by atoms with Crippen LogP contribution in [0.25, 0.3) is 0 Å². The van der Waals surface area contributed by atoms with E-state index in [2.05, 4.69) is 53.1 Å². The van der Waals surface area contributed by atoms with Gasteiger partial charge < -0.3 is 5.32 Å². The third kappa shape index (κ3) is 3.50. The number of rotatable bonds is 3. The minimum absolute atomic E-state index is 0.697. The van der Waals surface area contributed by atoms with E-state index in [0.29, 0.717) is 6.54 Å². The Bertz CT molecular complexity index is 552. The molecule has 0 amide bonds. The average Bonchev–Trinajstić information content (AvgIpc) is 2.33. The second kappa shape index (κ2) is 6.42. The SMILES string of the molecule is Clc1ccc(Br)c(CNc2c(Br)cccc2Br)c1. The average molecular weight is 454 g/mol. The van der Waals surface area contributed by atoms with E-state index in [9.17, 15) is 0 Å². The summed E-state index contributed by atoms with van der Waals surface area (Å²) in [5.74, 6) is 0. The number of benzene rings is 2. The van der Waals surface area contributed by atoms with Gasteiger partial charge in [-0.2, -0.15) is 0 Å². The fraction of sp³-hybridized carbons (Fsp3) is 0.0769. The maximum Gasteiger partial charge on any atom is 0.0631 e. The zero-order chi connectivity index (χ0) is 13.1. The molecule has 0 aromatic heterocycles. The molecule has 0 radical (unpaired) electrons. The maximum absolute atomic E-state index is 5.99. The van der Waals surface area contributed by atoms with E-state index in [0.717, 1.165) is 29.7 Å². The van der Waals surface area contributed by atoms with Crippen LogP contribution >= 0.6 is 59.4 Å². The molecule has 0 saturated carbocycles. The fourth-order valence-corrected chi connectivity index (χ4v) is 3.39. The minimum atomic E-state index is 0.697. The van der Waals surface area contributed by atoms with Gasteiger partial charge in [0.25, 0.3) is 0 Å². The first-order valence-electron chi connectivity index (χ1n) is 5.20. The molecule has 0 saturated heterocycles. The molecule has 0 aliphatic rings. The summed E-state index contributed by atoms with van der Waals surface area (Å²) in [6.07, 6.45) is 0. The van der Waals surface area contributed by atoms with Crippen molar-refractivity contribution in [3.63, 3.8) is 0 Å². The molecule has 1 nitrogen and oxygen atoms in total. The lowest BCUT2D eigenvalue weighted by Gasteiger charge is -2.12. The molecule has 1 N–H and O–H groups in total. The highest BCUT2D eigenvalue weighted by Crippen LogP contribution is 2.31. The molecular formula is C13H9Br3ClN. The predicted octanol–water partition coefficient (Wildman–Crippen LogP) is 6.24. The summed E-state index contributed by atoms with van der Waals surface area (Å²) in [5.41, 5.74) is 2.15. The van der Waals surface area contributed by atoms with Crippen molar-refractivity contribution < 1.29 is 0 Å². The van der Waals surface area contributed by atoms with Crippen molar-refractivity contribution in [1.29, 1.82) is 0 Å². The van der Waals surface area contributed by atoms with Crippen molar-refractivity contribution in [3.8, 4) is 0 Å². The molecule has 0 fully saturated rings. The van der Waals surface area contributed by atoms with E-state index in [1.165, 1.54) is 0 Å². The van der Waals surface area contributed by atoms with Crippen molar-refractivity contribution in [2.75, 3.05) is 5.32 Å². The van der Waals surface area contributed by atoms with Gasteiger partial charge >= 0.3 is 0 Å². The molecule has 94 valence electrons. The molecule has 0 heterocycles. The van der Waals surface area contributed by atoms with E-state index >= 15 is 0 Å². The van der Waals surface area contributed by atoms with Crippen molar-refractivity contribution in [1.82, 2.24) is 0 Å². The van der Waals surface area contributed by atoms with Crippen LogP contribution in [0.15, 0.2) is 49.8 Å². The second-order valence-electron chi connectivity index (χ2n) is 3.69. The van der Waals surface area contributed by atoms with E-state index in [1.807, 2.05) is 36.4 Å². The first-order valence-corrected chi connectivity index (χ1v) is 7.95. The van der Waals surface area contributed by atoms with Crippen LogP contribution in [-0.4, -0.2) is 0 Å². The van der Waals surface area contributed by atoms with Crippen LogP contribution in [0.4, 0.5) is 5.69 Å². The highest BCUT2D eigenvalue weighted by molar-refractivity contribution is 9.11. The van der Waals surface area contributed by atoms with Gasteiger partial charge in [0.1, 0.15) is 0 Å². The van der Waals surface area contributed by atoms with Crippen LogP contribution < -0.4 is 5.32 Å². The van der Waals surface area contributed by atoms with Gasteiger partial charge in [0.2, 0.25) is 0 Å². The Morgan fingerprint density at radius 3 is 2.28 bits per heavy atom. The normalized spacial score (nSPS) is 10.4. The Morgan fingerprint density at radius 2 is 1.61 bits per heavy atom. The van der Waals surface area contributed by atoms with Crippen LogP contribution in [0.3, 0.4) is 0 Å². The summed E-state index contributed by atoms with van der Waals surface area (Å²) in [7, 11) is 0. The summed E-state index contributed by atoms with van der Waals surface area (Å²) in [4.78, 5) is 0. The Labute approximate surface area is 136 Å². The molecular weight excluding hydrogens is 445 g/mol. The Hall–Kier alpha value is -0.0300. The van der Waals surface area contributed by atoms with Gasteiger partial charge in [0, 0.05) is 25.0 Å². The number of hydrogen-bond donors (Lipinski definition) is 1. The molecule has 2 aromatic carbocycles. The molecule has 2 aromatic rings. The van der Waals surface area contributed by atoms with Gasteiger partial charge in [-0.3, -0.25) is 0 Å². The van der Waals surface area contributed by atoms with E-state index < -0.39 is 0 Å². The van der Waals surface area contributed by atoms with Gasteiger partial charge in [-0.05, 0) is 67.8 Å². The zero-order valence-electron chi connectivity index (χ0n) is 9.18. The van der Waals surface area contributed by atoms with Crippen LogP contribution in [-0.2, 0) is 6.54 Å². The van der Waals surface area contributed by atoms with Gasteiger partial charge in [0.15, 0.2) is 0 Å². The first kappa shape index (κ1) is 14.4. The first-order chi connectivity index (χ1) is 8.58. The third-order valence-corrected chi connectivity index (χ3v) is 4.76. The number of halogens is 4. The molecule has 0 spiro atoms. The molecule has 2 rings (SSSR count). The summed E-state index contributed by atoms with van der Waals surface area (Å²) < 4.78 is 3.09. The Balaban J connectivity index is 2.19. The lowest BCUT2D eigenvalue weighted by atomic mass is 10.2. The number of anilines is 1. The molecule has 18 heavy (non-hydrogen) atoms. The third-order valence-electron chi connectivity index (χ3n) is 2.43. The number of hydrogen-bond acceptors (Lipinski definition) is 1. The fourth-order valence-electron chi connectivity index (χ4n) is 1.53. The lowest BCUT2D eigenvalue weighted by molar-refractivity contribution is 1.13. The molecule has 5 heteroatoms. The number of para-hydroxylation sites is 1. The van der Waals surface area contributed by atoms with E-state index in [4.69, 9.17) is 11.6 Å². The minimum Gasteiger partial charge on any atom is -0.379 e. The summed E-state index contributed by atoms with van der Waals surface area (Å²) >= 11 is 16.6. The quantitative estimate of drug-likeness (QED) is 0.579. The monoisotopic (exact) mass is 451 g/mol. The largest absolute Gasteiger partial charge is 0.379 e. The van der Waals surface area contributed by atoms with Gasteiger partial charge in [-0.15, -0.1) is 0 Å². The number of nitrogens with one attached hydrogen (secondary N) is 1. The van der Waals surface area contributed by atoms with Crippen LogP contribution in [0.1, 0.15) is 5.56 Å². The smallest absolute Gasteiger partial charge is 0.0631 e. The van der Waals surface area contributed by atoms with Crippen molar-refractivity contribution in [2.45, 2.75) is 6.54 Å². The van der Waals surface area contributed by atoms with E-state index in [1.54, 1.807) is 0 Å². The van der Waals surface area contributed by atoms with Crippen molar-refractivity contribution in [3.05, 3.63) is 60.4 Å². The predicted molar refractivity (Wildman–Crippen MR) is 88.3 cm³/mol. The summed E-state index contributed by atoms with van der Waals surface area (Å²) in [6.45, 7) is 0.697. The van der Waals surface area contributed by atoms with E-state index in [-0.39, 0.29) is 0 Å². The van der Waals surface area contributed by atoms with Gasteiger partial charge in [-0.25, -0.2) is 0 Å². The maximum atomic E-state index is 5.99. The van der Waals surface area contributed by atoms with Crippen LogP contribution in [0.2, 0.25) is 5.02 Å². The highest BCUT2D eigenvalue weighted by Gasteiger charge is 2.06. The Morgan fingerprint density at radius 1 is 0.944 bits per heavy atom. The molecule has 0 unspecified atom stereocenters. The van der Waals surface area contributed by atoms with Crippen LogP contribution in [0, 0.1) is 0 Å². The van der Waals surface area contributed by atoms with Crippen molar-refractivity contribution >= 4 is 65.1 Å². The van der Waals surface area contributed by atoms with Crippen molar-refractivity contribution in [2.24, 2.45) is 0 Å². The highest BCUT2D eigenvalue weighted by atomic mass is 79.9. The summed E-state index contributed by atoms with van der Waals surface area (Å²) in [6, 6.07) is 11.7. The Kier molecular flexibility index (Phi) is 5.13. The second-order valence-corrected chi connectivity index (χ2v) is 6.69. The zero-order valence-corrected chi connectivity index (χ0v) is 14.7.